The highest BCUT2D eigenvalue weighted by atomic mass is 16.6. The summed E-state index contributed by atoms with van der Waals surface area (Å²) in [6.07, 6.45) is 0. The Balaban J connectivity index is 1.48. The molecular weight excluding hydrogens is 420 g/mol. The van der Waals surface area contributed by atoms with Crippen molar-refractivity contribution < 1.29 is 14.5 Å². The van der Waals surface area contributed by atoms with Crippen LogP contribution >= 0.6 is 0 Å². The number of benzene rings is 3. The van der Waals surface area contributed by atoms with E-state index in [0.29, 0.717) is 43.0 Å². The van der Waals surface area contributed by atoms with Crippen LogP contribution in [0.25, 0.3) is 0 Å². The molecule has 0 bridgehead atoms. The largest absolute Gasteiger partial charge is 0.366 e. The molecule has 3 aromatic rings. The lowest BCUT2D eigenvalue weighted by Crippen LogP contribution is -2.49. The number of nitro benzene ring substituents is 1. The lowest BCUT2D eigenvalue weighted by molar-refractivity contribution is -0.385. The molecule has 33 heavy (non-hydrogen) atoms. The van der Waals surface area contributed by atoms with Gasteiger partial charge in [0.2, 0.25) is 0 Å². The molecule has 1 saturated heterocycles. The summed E-state index contributed by atoms with van der Waals surface area (Å²) < 4.78 is 0. The first kappa shape index (κ1) is 22.0. The van der Waals surface area contributed by atoms with E-state index in [1.165, 1.54) is 12.1 Å². The van der Waals surface area contributed by atoms with E-state index in [0.717, 1.165) is 5.69 Å². The van der Waals surface area contributed by atoms with Gasteiger partial charge < -0.3 is 15.1 Å². The number of hydrogen-bond donors (Lipinski definition) is 1. The molecule has 0 saturated carbocycles. The maximum atomic E-state index is 12.9. The van der Waals surface area contributed by atoms with Gasteiger partial charge in [-0.25, -0.2) is 0 Å². The van der Waals surface area contributed by atoms with E-state index in [1.807, 2.05) is 53.4 Å². The Morgan fingerprint density at radius 1 is 0.879 bits per heavy atom. The summed E-state index contributed by atoms with van der Waals surface area (Å²) >= 11 is 0. The van der Waals surface area contributed by atoms with Gasteiger partial charge in [-0.1, -0.05) is 36.4 Å². The van der Waals surface area contributed by atoms with Gasteiger partial charge in [-0.2, -0.15) is 0 Å². The summed E-state index contributed by atoms with van der Waals surface area (Å²) in [6, 6.07) is 21.1. The van der Waals surface area contributed by atoms with Crippen LogP contribution in [0.15, 0.2) is 72.8 Å². The zero-order valence-electron chi connectivity index (χ0n) is 18.2. The number of anilines is 2. The fourth-order valence-corrected chi connectivity index (χ4v) is 4.03. The SMILES string of the molecule is Cc1c(C(=O)Nc2ccccc2N2CCN(C(=O)c3ccccc3)CC2)cccc1[N+](=O)[O-]. The average molecular weight is 444 g/mol. The number of piperazine rings is 1. The normalized spacial score (nSPS) is 13.5. The van der Waals surface area contributed by atoms with E-state index < -0.39 is 10.8 Å². The maximum absolute atomic E-state index is 12.9. The second kappa shape index (κ2) is 9.52. The predicted molar refractivity (Wildman–Crippen MR) is 127 cm³/mol. The van der Waals surface area contributed by atoms with Crippen LogP contribution in [0.5, 0.6) is 0 Å². The molecule has 0 radical (unpaired) electrons. The third-order valence-electron chi connectivity index (χ3n) is 5.83. The minimum Gasteiger partial charge on any atom is -0.366 e. The molecule has 0 atom stereocenters. The van der Waals surface area contributed by atoms with Crippen molar-refractivity contribution in [2.45, 2.75) is 6.92 Å². The van der Waals surface area contributed by atoms with Crippen molar-refractivity contribution in [3.05, 3.63) is 99.6 Å². The number of carbonyl (C=O) groups excluding carboxylic acids is 2. The molecular formula is C25H24N4O4. The number of carbonyl (C=O) groups is 2. The summed E-state index contributed by atoms with van der Waals surface area (Å²) in [7, 11) is 0. The zero-order valence-corrected chi connectivity index (χ0v) is 18.2. The molecule has 8 nitrogen and oxygen atoms in total. The van der Waals surface area contributed by atoms with Crippen molar-refractivity contribution in [2.24, 2.45) is 0 Å². The van der Waals surface area contributed by atoms with Crippen molar-refractivity contribution in [3.63, 3.8) is 0 Å². The number of rotatable bonds is 5. The monoisotopic (exact) mass is 444 g/mol. The number of nitrogens with zero attached hydrogens (tertiary/aromatic N) is 3. The molecule has 0 unspecified atom stereocenters. The summed E-state index contributed by atoms with van der Waals surface area (Å²) in [5.74, 6) is -0.389. The smallest absolute Gasteiger partial charge is 0.273 e. The van der Waals surface area contributed by atoms with Gasteiger partial charge >= 0.3 is 0 Å². The van der Waals surface area contributed by atoms with Crippen LogP contribution in [-0.4, -0.2) is 47.8 Å². The summed E-state index contributed by atoms with van der Waals surface area (Å²) in [5.41, 5.74) is 2.64. The van der Waals surface area contributed by atoms with Crippen LogP contribution in [0.4, 0.5) is 17.1 Å². The molecule has 1 heterocycles. The molecule has 4 rings (SSSR count). The fourth-order valence-electron chi connectivity index (χ4n) is 4.03. The molecule has 2 amide bonds. The molecule has 3 aromatic carbocycles. The highest BCUT2D eigenvalue weighted by Crippen LogP contribution is 2.28. The molecule has 0 aromatic heterocycles. The number of nitro groups is 1. The van der Waals surface area contributed by atoms with E-state index >= 15 is 0 Å². The topological polar surface area (TPSA) is 95.8 Å². The number of nitrogens with one attached hydrogen (secondary N) is 1. The van der Waals surface area contributed by atoms with Gasteiger partial charge in [0.1, 0.15) is 0 Å². The summed E-state index contributed by atoms with van der Waals surface area (Å²) in [6.45, 7) is 3.96. The molecule has 0 aliphatic carbocycles. The Labute approximate surface area is 191 Å². The van der Waals surface area contributed by atoms with Crippen LogP contribution in [0.3, 0.4) is 0 Å². The van der Waals surface area contributed by atoms with E-state index in [-0.39, 0.29) is 17.2 Å². The average Bonchev–Trinajstić information content (AvgIpc) is 2.84. The first-order valence-electron chi connectivity index (χ1n) is 10.7. The van der Waals surface area contributed by atoms with Gasteiger partial charge in [0.15, 0.2) is 0 Å². The van der Waals surface area contributed by atoms with Gasteiger partial charge in [-0.15, -0.1) is 0 Å². The Bertz CT molecular complexity index is 1190. The number of hydrogen-bond acceptors (Lipinski definition) is 5. The van der Waals surface area contributed by atoms with Gasteiger partial charge in [0.05, 0.1) is 16.3 Å². The van der Waals surface area contributed by atoms with E-state index in [1.54, 1.807) is 19.1 Å². The molecule has 8 heteroatoms. The molecule has 1 N–H and O–H groups in total. The van der Waals surface area contributed by atoms with E-state index in [4.69, 9.17) is 0 Å². The first-order valence-corrected chi connectivity index (χ1v) is 10.7. The number of para-hydroxylation sites is 2. The minimum absolute atomic E-state index is 0.0120. The maximum Gasteiger partial charge on any atom is 0.273 e. The van der Waals surface area contributed by atoms with Crippen molar-refractivity contribution >= 4 is 28.9 Å². The molecule has 1 fully saturated rings. The van der Waals surface area contributed by atoms with Gasteiger partial charge in [0, 0.05) is 48.9 Å². The summed E-state index contributed by atoms with van der Waals surface area (Å²) in [4.78, 5) is 40.4. The van der Waals surface area contributed by atoms with Crippen molar-refractivity contribution in [1.29, 1.82) is 0 Å². The van der Waals surface area contributed by atoms with Crippen LogP contribution in [-0.2, 0) is 0 Å². The third kappa shape index (κ3) is 4.69. The zero-order chi connectivity index (χ0) is 23.4. The van der Waals surface area contributed by atoms with Crippen LogP contribution < -0.4 is 10.2 Å². The lowest BCUT2D eigenvalue weighted by atomic mass is 10.1. The van der Waals surface area contributed by atoms with Gasteiger partial charge in [0.25, 0.3) is 17.5 Å². The first-order chi connectivity index (χ1) is 16.0. The predicted octanol–water partition coefficient (Wildman–Crippen LogP) is 4.12. The second-order valence-corrected chi connectivity index (χ2v) is 7.82. The Hall–Kier alpha value is -4.20. The molecule has 0 spiro atoms. The van der Waals surface area contributed by atoms with Crippen LogP contribution in [0.2, 0.25) is 0 Å². The van der Waals surface area contributed by atoms with E-state index in [2.05, 4.69) is 10.2 Å². The molecule has 1 aliphatic rings. The van der Waals surface area contributed by atoms with Gasteiger partial charge in [-0.3, -0.25) is 19.7 Å². The quantitative estimate of drug-likeness (QED) is 0.472. The fraction of sp³-hybridized carbons (Fsp3) is 0.200. The van der Waals surface area contributed by atoms with Gasteiger partial charge in [-0.05, 0) is 37.3 Å². The Morgan fingerprint density at radius 2 is 1.55 bits per heavy atom. The third-order valence-corrected chi connectivity index (χ3v) is 5.83. The van der Waals surface area contributed by atoms with E-state index in [9.17, 15) is 19.7 Å². The van der Waals surface area contributed by atoms with Crippen LogP contribution in [0.1, 0.15) is 26.3 Å². The summed E-state index contributed by atoms with van der Waals surface area (Å²) in [5, 5.41) is 14.1. The molecule has 1 aliphatic heterocycles. The van der Waals surface area contributed by atoms with Crippen molar-refractivity contribution in [2.75, 3.05) is 36.4 Å². The molecule has 168 valence electrons. The van der Waals surface area contributed by atoms with Crippen molar-refractivity contribution in [3.8, 4) is 0 Å². The highest BCUT2D eigenvalue weighted by molar-refractivity contribution is 6.07. The Kier molecular flexibility index (Phi) is 6.35. The van der Waals surface area contributed by atoms with Crippen LogP contribution in [0, 0.1) is 17.0 Å². The minimum atomic E-state index is -0.490. The Morgan fingerprint density at radius 3 is 2.24 bits per heavy atom. The van der Waals surface area contributed by atoms with Crippen molar-refractivity contribution in [1.82, 2.24) is 4.90 Å². The number of amides is 2. The second-order valence-electron chi connectivity index (χ2n) is 7.82. The highest BCUT2D eigenvalue weighted by Gasteiger charge is 2.24. The standard InChI is InChI=1S/C25H24N4O4/c1-18-20(10-7-13-22(18)29(32)33)24(30)26-21-11-5-6-12-23(21)27-14-16-28(17-15-27)25(31)19-8-3-2-4-9-19/h2-13H,14-17H2,1H3,(H,26,30). The lowest BCUT2D eigenvalue weighted by Gasteiger charge is -2.37.